The van der Waals surface area contributed by atoms with Crippen LogP contribution in [0.5, 0.6) is 0 Å². The zero-order valence-corrected chi connectivity index (χ0v) is 13.8. The number of hydrogen-bond acceptors (Lipinski definition) is 7. The van der Waals surface area contributed by atoms with Gasteiger partial charge in [0.1, 0.15) is 12.3 Å². The third-order valence-corrected chi connectivity index (χ3v) is 4.31. The molecule has 1 aliphatic rings. The molecule has 2 heterocycles. The monoisotopic (exact) mass is 352 g/mol. The molecule has 1 unspecified atom stereocenters. The number of nitrogens with one attached hydrogen (secondary N) is 1. The van der Waals surface area contributed by atoms with Crippen LogP contribution in [0.3, 0.4) is 0 Å². The van der Waals surface area contributed by atoms with Crippen molar-refractivity contribution in [2.24, 2.45) is 0 Å². The third kappa shape index (κ3) is 3.22. The highest BCUT2D eigenvalue weighted by molar-refractivity contribution is 8.39. The number of rotatable bonds is 5. The Balaban J connectivity index is 2.39. The minimum absolute atomic E-state index is 0.0940. The molecule has 1 saturated heterocycles. The van der Waals surface area contributed by atoms with Crippen LogP contribution >= 0.6 is 19.5 Å². The van der Waals surface area contributed by atoms with Crippen LogP contribution in [0.15, 0.2) is 15.8 Å². The summed E-state index contributed by atoms with van der Waals surface area (Å²) < 4.78 is 28.4. The van der Waals surface area contributed by atoms with Crippen LogP contribution in [0.2, 0.25) is 0 Å². The predicted octanol–water partition coefficient (Wildman–Crippen LogP) is -0.196. The smallest absolute Gasteiger partial charge is 0.330 e. The number of aliphatic hydroxyl groups is 1. The Kier molecular flexibility index (Phi) is 5.31. The SMILES string of the molecule is CO[C@]1(CO)O[C@@H](n2cc(C)c(=O)[nH]c2=O)C[C@H]1O[PH](=O)S. The van der Waals surface area contributed by atoms with Crippen LogP contribution in [0.1, 0.15) is 18.2 Å². The van der Waals surface area contributed by atoms with Crippen LogP contribution in [0, 0.1) is 6.92 Å². The van der Waals surface area contributed by atoms with Crippen LogP contribution in [-0.4, -0.2) is 40.3 Å². The van der Waals surface area contributed by atoms with Crippen molar-refractivity contribution < 1.29 is 23.7 Å². The number of methoxy groups -OCH3 is 1. The number of aliphatic hydroxyl groups excluding tert-OH is 1. The van der Waals surface area contributed by atoms with Gasteiger partial charge in [-0.15, -0.1) is 0 Å². The normalized spacial score (nSPS) is 29.6. The van der Waals surface area contributed by atoms with Gasteiger partial charge in [-0.05, 0) is 6.92 Å². The van der Waals surface area contributed by atoms with Crippen molar-refractivity contribution in [1.29, 1.82) is 0 Å². The van der Waals surface area contributed by atoms with E-state index in [1.165, 1.54) is 17.9 Å². The minimum Gasteiger partial charge on any atom is -0.391 e. The third-order valence-electron chi connectivity index (χ3n) is 3.51. The molecule has 1 aliphatic heterocycles. The standard InChI is InChI=1S/C11H17N2O7PS/c1-6-4-13(10(16)12-9(6)15)8-3-7(20-21(17)22)11(5-14,18-2)19-8/h4,7-8,14,21H,3,5H2,1-2H3,(H,17,22)(H,12,15,16)/t7-,8-,11-/m1/s1. The minimum atomic E-state index is -2.61. The van der Waals surface area contributed by atoms with Crippen LogP contribution < -0.4 is 11.2 Å². The molecule has 124 valence electrons. The Bertz CT molecular complexity index is 684. The van der Waals surface area contributed by atoms with Crippen molar-refractivity contribution in [3.05, 3.63) is 32.6 Å². The first-order chi connectivity index (χ1) is 10.3. The molecule has 1 fully saturated rings. The van der Waals surface area contributed by atoms with E-state index in [9.17, 15) is 19.3 Å². The lowest BCUT2D eigenvalue weighted by Crippen LogP contribution is -2.45. The summed E-state index contributed by atoms with van der Waals surface area (Å²) in [7, 11) is -1.31. The van der Waals surface area contributed by atoms with Gasteiger partial charge in [-0.2, -0.15) is 0 Å². The van der Waals surface area contributed by atoms with Gasteiger partial charge in [0.25, 0.3) is 5.56 Å². The summed E-state index contributed by atoms with van der Waals surface area (Å²) >= 11 is 3.71. The molecule has 0 aromatic carbocycles. The largest absolute Gasteiger partial charge is 0.391 e. The van der Waals surface area contributed by atoms with E-state index in [1.807, 2.05) is 0 Å². The van der Waals surface area contributed by atoms with Gasteiger partial charge < -0.3 is 19.1 Å². The summed E-state index contributed by atoms with van der Waals surface area (Å²) in [6.45, 7) is 0.977. The molecule has 11 heteroatoms. The molecule has 4 atom stereocenters. The summed E-state index contributed by atoms with van der Waals surface area (Å²) in [5.74, 6) is -1.56. The summed E-state index contributed by atoms with van der Waals surface area (Å²) in [6, 6.07) is 0. The lowest BCUT2D eigenvalue weighted by molar-refractivity contribution is -0.265. The molecular weight excluding hydrogens is 335 g/mol. The van der Waals surface area contributed by atoms with E-state index in [1.54, 1.807) is 6.92 Å². The van der Waals surface area contributed by atoms with Gasteiger partial charge in [0, 0.05) is 25.3 Å². The van der Waals surface area contributed by atoms with Gasteiger partial charge in [-0.25, -0.2) is 4.79 Å². The molecule has 1 aromatic heterocycles. The van der Waals surface area contributed by atoms with Crippen molar-refractivity contribution in [1.82, 2.24) is 9.55 Å². The first-order valence-corrected chi connectivity index (χ1v) is 8.99. The summed E-state index contributed by atoms with van der Waals surface area (Å²) in [5.41, 5.74) is -0.835. The van der Waals surface area contributed by atoms with Gasteiger partial charge in [-0.1, -0.05) is 12.2 Å². The van der Waals surface area contributed by atoms with E-state index in [-0.39, 0.29) is 6.42 Å². The Morgan fingerprint density at radius 2 is 2.32 bits per heavy atom. The fraction of sp³-hybridized carbons (Fsp3) is 0.636. The molecule has 0 bridgehead atoms. The van der Waals surface area contributed by atoms with E-state index in [4.69, 9.17) is 14.0 Å². The number of thiol groups is 1. The Hall–Kier alpha value is -0.900. The van der Waals surface area contributed by atoms with Crippen molar-refractivity contribution in [3.8, 4) is 0 Å². The van der Waals surface area contributed by atoms with Crippen molar-refractivity contribution in [2.45, 2.75) is 31.5 Å². The lowest BCUT2D eigenvalue weighted by Gasteiger charge is -2.30. The van der Waals surface area contributed by atoms with Crippen molar-refractivity contribution >= 4 is 19.5 Å². The average Bonchev–Trinajstić information content (AvgIpc) is 2.81. The van der Waals surface area contributed by atoms with Crippen molar-refractivity contribution in [3.63, 3.8) is 0 Å². The highest BCUT2D eigenvalue weighted by Crippen LogP contribution is 2.43. The van der Waals surface area contributed by atoms with E-state index < -0.39 is 43.2 Å². The predicted molar refractivity (Wildman–Crippen MR) is 80.5 cm³/mol. The van der Waals surface area contributed by atoms with Gasteiger partial charge >= 0.3 is 5.69 Å². The number of ether oxygens (including phenoxy) is 2. The topological polar surface area (TPSA) is 120 Å². The maximum atomic E-state index is 11.9. The molecule has 2 rings (SSSR count). The van der Waals surface area contributed by atoms with Crippen LogP contribution in [0.4, 0.5) is 0 Å². The average molecular weight is 352 g/mol. The van der Waals surface area contributed by atoms with Gasteiger partial charge in [-0.3, -0.25) is 18.9 Å². The summed E-state index contributed by atoms with van der Waals surface area (Å²) in [6.07, 6.45) is -0.294. The Morgan fingerprint density at radius 3 is 2.86 bits per heavy atom. The Morgan fingerprint density at radius 1 is 1.64 bits per heavy atom. The number of H-pyrrole nitrogens is 1. The number of nitrogens with zero attached hydrogens (tertiary/aromatic N) is 1. The lowest BCUT2D eigenvalue weighted by atomic mass is 10.1. The fourth-order valence-corrected chi connectivity index (χ4v) is 3.23. The quantitative estimate of drug-likeness (QED) is 0.496. The first-order valence-electron chi connectivity index (χ1n) is 6.38. The van der Waals surface area contributed by atoms with E-state index in [2.05, 4.69) is 17.2 Å². The molecule has 22 heavy (non-hydrogen) atoms. The maximum absolute atomic E-state index is 11.9. The molecule has 0 saturated carbocycles. The van der Waals surface area contributed by atoms with Crippen LogP contribution in [0.25, 0.3) is 0 Å². The fourth-order valence-electron chi connectivity index (χ4n) is 2.33. The molecule has 2 N–H and O–H groups in total. The highest BCUT2D eigenvalue weighted by Gasteiger charge is 2.51. The second kappa shape index (κ2) is 6.69. The molecule has 0 radical (unpaired) electrons. The van der Waals surface area contributed by atoms with E-state index in [0.717, 1.165) is 0 Å². The molecule has 0 amide bonds. The molecule has 0 spiro atoms. The summed E-state index contributed by atoms with van der Waals surface area (Å²) in [5, 5.41) is 9.54. The molecule has 1 aromatic rings. The zero-order valence-electron chi connectivity index (χ0n) is 11.9. The van der Waals surface area contributed by atoms with Crippen molar-refractivity contribution in [2.75, 3.05) is 13.7 Å². The molecule has 9 nitrogen and oxygen atoms in total. The second-order valence-electron chi connectivity index (χ2n) is 4.83. The van der Waals surface area contributed by atoms with Gasteiger partial charge in [0.15, 0.2) is 0 Å². The highest BCUT2D eigenvalue weighted by atomic mass is 32.7. The summed E-state index contributed by atoms with van der Waals surface area (Å²) in [4.78, 5) is 25.5. The zero-order chi connectivity index (χ0) is 16.5. The van der Waals surface area contributed by atoms with E-state index >= 15 is 0 Å². The Labute approximate surface area is 131 Å². The molecule has 0 aliphatic carbocycles. The number of hydrogen-bond donors (Lipinski definition) is 3. The van der Waals surface area contributed by atoms with Gasteiger partial charge in [0.05, 0.1) is 6.61 Å². The first kappa shape index (κ1) is 17.5. The van der Waals surface area contributed by atoms with Crippen LogP contribution in [-0.2, 0) is 18.6 Å². The number of aryl methyl sites for hydroxylation is 1. The van der Waals surface area contributed by atoms with E-state index in [0.29, 0.717) is 5.56 Å². The second-order valence-corrected chi connectivity index (χ2v) is 6.70. The number of aromatic nitrogens is 2. The maximum Gasteiger partial charge on any atom is 0.330 e. The molecular formula is C11H17N2O7PS. The number of aromatic amines is 1. The van der Waals surface area contributed by atoms with Gasteiger partial charge in [0.2, 0.25) is 13.0 Å².